The number of ether oxygens (including phenoxy) is 1. The third kappa shape index (κ3) is 29.0. The Hall–Kier alpha value is -0.830. The SMILES string of the molecule is CCCCC/C=C\CCCC(OC(=O)CCCCCN(C)C)C(CCCCCCCC)CCCCCCCCCC. The number of allylic oxidation sites excluding steroid dienone is 2. The Morgan fingerprint density at radius 2 is 1.02 bits per heavy atom. The minimum absolute atomic E-state index is 0.0545. The molecule has 0 aliphatic carbocycles. The van der Waals surface area contributed by atoms with Crippen LogP contribution in [0.4, 0.5) is 0 Å². The van der Waals surface area contributed by atoms with E-state index < -0.39 is 0 Å². The first-order chi connectivity index (χ1) is 20.0. The molecule has 0 saturated heterocycles. The maximum Gasteiger partial charge on any atom is 0.306 e. The summed E-state index contributed by atoms with van der Waals surface area (Å²) in [5.41, 5.74) is 0. The van der Waals surface area contributed by atoms with Gasteiger partial charge in [0, 0.05) is 6.42 Å². The fraction of sp³-hybridized carbons (Fsp3) is 0.921. The van der Waals surface area contributed by atoms with Gasteiger partial charge in [-0.3, -0.25) is 4.79 Å². The van der Waals surface area contributed by atoms with Crippen LogP contribution >= 0.6 is 0 Å². The molecule has 244 valence electrons. The molecule has 2 atom stereocenters. The Balaban J connectivity index is 4.98. The van der Waals surface area contributed by atoms with Crippen LogP contribution in [0.1, 0.15) is 194 Å². The summed E-state index contributed by atoms with van der Waals surface area (Å²) in [6.07, 6.45) is 38.5. The molecule has 0 aromatic rings. The fourth-order valence-corrected chi connectivity index (χ4v) is 5.92. The first kappa shape index (κ1) is 40.2. The van der Waals surface area contributed by atoms with E-state index in [2.05, 4.69) is 51.9 Å². The van der Waals surface area contributed by atoms with Gasteiger partial charge in [-0.05, 0) is 84.3 Å². The monoisotopic (exact) mass is 578 g/mol. The van der Waals surface area contributed by atoms with E-state index in [1.807, 2.05) is 0 Å². The molecule has 0 N–H and O–H groups in total. The van der Waals surface area contributed by atoms with Crippen molar-refractivity contribution in [1.29, 1.82) is 0 Å². The molecule has 3 heteroatoms. The average molecular weight is 578 g/mol. The first-order valence-corrected chi connectivity index (χ1v) is 18.5. The Morgan fingerprint density at radius 3 is 1.56 bits per heavy atom. The number of rotatable bonds is 32. The Morgan fingerprint density at radius 1 is 0.561 bits per heavy atom. The molecule has 0 aromatic carbocycles. The Labute approximate surface area is 259 Å². The number of esters is 1. The summed E-state index contributed by atoms with van der Waals surface area (Å²) in [6.45, 7) is 7.95. The van der Waals surface area contributed by atoms with Crippen molar-refractivity contribution in [3.05, 3.63) is 12.2 Å². The summed E-state index contributed by atoms with van der Waals surface area (Å²) in [4.78, 5) is 15.2. The molecule has 2 unspecified atom stereocenters. The number of carbonyl (C=O) groups excluding carboxylic acids is 1. The van der Waals surface area contributed by atoms with Crippen LogP contribution in [0.3, 0.4) is 0 Å². The van der Waals surface area contributed by atoms with Crippen molar-refractivity contribution in [2.45, 2.75) is 200 Å². The predicted molar refractivity (Wildman–Crippen MR) is 183 cm³/mol. The van der Waals surface area contributed by atoms with E-state index in [-0.39, 0.29) is 12.1 Å². The minimum Gasteiger partial charge on any atom is -0.462 e. The van der Waals surface area contributed by atoms with Crippen LogP contribution < -0.4 is 0 Å². The van der Waals surface area contributed by atoms with E-state index in [0.29, 0.717) is 12.3 Å². The van der Waals surface area contributed by atoms with E-state index in [1.54, 1.807) is 0 Å². The van der Waals surface area contributed by atoms with E-state index in [9.17, 15) is 4.79 Å². The van der Waals surface area contributed by atoms with Crippen molar-refractivity contribution in [2.75, 3.05) is 20.6 Å². The molecule has 3 nitrogen and oxygen atoms in total. The number of nitrogens with zero attached hydrogens (tertiary/aromatic N) is 1. The highest BCUT2D eigenvalue weighted by Crippen LogP contribution is 2.28. The molecule has 0 aliphatic heterocycles. The quantitative estimate of drug-likeness (QED) is 0.0452. The molecule has 0 rings (SSSR count). The van der Waals surface area contributed by atoms with Gasteiger partial charge in [0.25, 0.3) is 0 Å². The Kier molecular flexibility index (Phi) is 31.4. The normalized spacial score (nSPS) is 13.3. The average Bonchev–Trinajstić information content (AvgIpc) is 2.95. The van der Waals surface area contributed by atoms with Gasteiger partial charge in [-0.1, -0.05) is 142 Å². The van der Waals surface area contributed by atoms with Crippen molar-refractivity contribution in [1.82, 2.24) is 4.90 Å². The summed E-state index contributed by atoms with van der Waals surface area (Å²) >= 11 is 0. The highest BCUT2D eigenvalue weighted by atomic mass is 16.5. The zero-order chi connectivity index (χ0) is 30.2. The van der Waals surface area contributed by atoms with E-state index >= 15 is 0 Å². The number of carbonyl (C=O) groups is 1. The number of unbranched alkanes of at least 4 members (excludes halogenated alkanes) is 18. The highest BCUT2D eigenvalue weighted by molar-refractivity contribution is 5.69. The molecule has 0 fully saturated rings. The molecule has 41 heavy (non-hydrogen) atoms. The van der Waals surface area contributed by atoms with Gasteiger partial charge in [0.05, 0.1) is 0 Å². The summed E-state index contributed by atoms with van der Waals surface area (Å²) in [6, 6.07) is 0. The molecule has 0 heterocycles. The van der Waals surface area contributed by atoms with Crippen LogP contribution in [0.2, 0.25) is 0 Å². The van der Waals surface area contributed by atoms with Gasteiger partial charge in [0.15, 0.2) is 0 Å². The molecule has 0 saturated carbocycles. The maximum atomic E-state index is 13.0. The molecular formula is C38H75NO2. The zero-order valence-corrected chi connectivity index (χ0v) is 28.9. The molecule has 0 aromatic heterocycles. The van der Waals surface area contributed by atoms with E-state index in [4.69, 9.17) is 4.74 Å². The van der Waals surface area contributed by atoms with Crippen LogP contribution in [-0.4, -0.2) is 37.6 Å². The third-order valence-corrected chi connectivity index (χ3v) is 8.65. The lowest BCUT2D eigenvalue weighted by Crippen LogP contribution is -2.27. The van der Waals surface area contributed by atoms with E-state index in [0.717, 1.165) is 45.1 Å². The smallest absolute Gasteiger partial charge is 0.306 e. The summed E-state index contributed by atoms with van der Waals surface area (Å²) < 4.78 is 6.34. The fourth-order valence-electron chi connectivity index (χ4n) is 5.92. The van der Waals surface area contributed by atoms with Crippen molar-refractivity contribution < 1.29 is 9.53 Å². The largest absolute Gasteiger partial charge is 0.462 e. The lowest BCUT2D eigenvalue weighted by molar-refractivity contribution is -0.153. The van der Waals surface area contributed by atoms with Crippen LogP contribution in [0.5, 0.6) is 0 Å². The maximum absolute atomic E-state index is 13.0. The van der Waals surface area contributed by atoms with Crippen molar-refractivity contribution in [3.63, 3.8) is 0 Å². The van der Waals surface area contributed by atoms with Gasteiger partial charge in [-0.15, -0.1) is 0 Å². The summed E-state index contributed by atoms with van der Waals surface area (Å²) in [7, 11) is 4.24. The van der Waals surface area contributed by atoms with Crippen molar-refractivity contribution in [3.8, 4) is 0 Å². The van der Waals surface area contributed by atoms with Crippen molar-refractivity contribution >= 4 is 5.97 Å². The second-order valence-electron chi connectivity index (χ2n) is 13.1. The van der Waals surface area contributed by atoms with Gasteiger partial charge >= 0.3 is 5.97 Å². The van der Waals surface area contributed by atoms with Gasteiger partial charge in [0.1, 0.15) is 6.10 Å². The highest BCUT2D eigenvalue weighted by Gasteiger charge is 2.24. The van der Waals surface area contributed by atoms with Crippen LogP contribution in [0, 0.1) is 5.92 Å². The third-order valence-electron chi connectivity index (χ3n) is 8.65. The molecular weight excluding hydrogens is 502 g/mol. The van der Waals surface area contributed by atoms with Gasteiger partial charge in [0.2, 0.25) is 0 Å². The number of hydrogen-bond acceptors (Lipinski definition) is 3. The van der Waals surface area contributed by atoms with Crippen molar-refractivity contribution in [2.24, 2.45) is 5.92 Å². The molecule has 0 radical (unpaired) electrons. The minimum atomic E-state index is 0.0545. The zero-order valence-electron chi connectivity index (χ0n) is 28.9. The Bertz CT molecular complexity index is 558. The second kappa shape index (κ2) is 32.1. The second-order valence-corrected chi connectivity index (χ2v) is 13.1. The summed E-state index contributed by atoms with van der Waals surface area (Å²) in [5, 5.41) is 0. The van der Waals surface area contributed by atoms with E-state index in [1.165, 1.54) is 128 Å². The van der Waals surface area contributed by atoms with Crippen LogP contribution in [-0.2, 0) is 9.53 Å². The van der Waals surface area contributed by atoms with Gasteiger partial charge < -0.3 is 9.64 Å². The molecule has 0 amide bonds. The standard InChI is InChI=1S/C38H75NO2/c1-6-9-12-15-18-20-23-27-32-36(31-26-22-17-14-11-8-3)37(33-28-24-21-19-16-13-10-7-2)41-38(40)34-29-25-30-35-39(4)5/h19,21,36-37H,6-18,20,22-35H2,1-5H3/b21-19-. The predicted octanol–water partition coefficient (Wildman–Crippen LogP) is 12.2. The first-order valence-electron chi connectivity index (χ1n) is 18.5. The molecule has 0 bridgehead atoms. The summed E-state index contributed by atoms with van der Waals surface area (Å²) in [5.74, 6) is 0.589. The van der Waals surface area contributed by atoms with Gasteiger partial charge in [-0.25, -0.2) is 0 Å². The topological polar surface area (TPSA) is 29.5 Å². The lowest BCUT2D eigenvalue weighted by atomic mass is 9.87. The van der Waals surface area contributed by atoms with Gasteiger partial charge in [-0.2, -0.15) is 0 Å². The lowest BCUT2D eigenvalue weighted by Gasteiger charge is -2.28. The number of hydrogen-bond donors (Lipinski definition) is 0. The molecule has 0 aliphatic rings. The van der Waals surface area contributed by atoms with Crippen LogP contribution in [0.25, 0.3) is 0 Å². The molecule has 0 spiro atoms. The van der Waals surface area contributed by atoms with Crippen LogP contribution in [0.15, 0.2) is 12.2 Å².